The van der Waals surface area contributed by atoms with Gasteiger partial charge in [0.15, 0.2) is 5.82 Å². The number of nitrogens with one attached hydrogen (secondary N) is 1. The minimum Gasteiger partial charge on any atom is -0.510 e. The molecular weight excluding hydrogens is 437 g/mol. The molecule has 0 atom stereocenters. The minimum absolute atomic E-state index is 0.0823. The van der Waals surface area contributed by atoms with Crippen molar-refractivity contribution in [3.8, 4) is 17.3 Å². The van der Waals surface area contributed by atoms with Crippen molar-refractivity contribution < 1.29 is 9.50 Å². The molecule has 0 amide bonds. The molecule has 0 aliphatic rings. The van der Waals surface area contributed by atoms with Crippen molar-refractivity contribution in [3.63, 3.8) is 0 Å². The summed E-state index contributed by atoms with van der Waals surface area (Å²) in [5.74, 6) is 0.0202. The normalized spacial score (nSPS) is 12.0. The van der Waals surface area contributed by atoms with Crippen molar-refractivity contribution in [2.24, 2.45) is 0 Å². The molecule has 5 rings (SSSR count). The van der Waals surface area contributed by atoms with Crippen LogP contribution in [0, 0.1) is 17.1 Å². The molecule has 8 heteroatoms. The Morgan fingerprint density at radius 2 is 1.70 bits per heavy atom. The van der Waals surface area contributed by atoms with Crippen LogP contribution in [0.1, 0.15) is 5.82 Å². The molecule has 0 fully saturated rings. The third kappa shape index (κ3) is 4.02. The molecule has 5 aromatic rings. The summed E-state index contributed by atoms with van der Waals surface area (Å²) in [6.45, 7) is 0. The minimum atomic E-state index is -0.316. The Hall–Kier alpha value is -4.22. The van der Waals surface area contributed by atoms with Crippen LogP contribution in [0.15, 0.2) is 83.6 Å². The first-order chi connectivity index (χ1) is 16.1. The van der Waals surface area contributed by atoms with E-state index >= 15 is 0 Å². The molecule has 2 aromatic heterocycles. The predicted octanol–water partition coefficient (Wildman–Crippen LogP) is 5.90. The number of aliphatic hydroxyl groups is 1. The summed E-state index contributed by atoms with van der Waals surface area (Å²) in [5, 5.41) is 31.4. The molecule has 3 aromatic carbocycles. The fourth-order valence-corrected chi connectivity index (χ4v) is 4.39. The van der Waals surface area contributed by atoms with Gasteiger partial charge < -0.3 is 10.1 Å². The third-order valence-corrected chi connectivity index (χ3v) is 6.14. The van der Waals surface area contributed by atoms with E-state index in [9.17, 15) is 14.8 Å². The second-order valence-electron chi connectivity index (χ2n) is 7.23. The fourth-order valence-electron chi connectivity index (χ4n) is 3.54. The summed E-state index contributed by atoms with van der Waals surface area (Å²) >= 11 is 1.28. The maximum Gasteiger partial charge on any atom is 0.152 e. The van der Waals surface area contributed by atoms with Crippen LogP contribution < -0.4 is 0 Å². The van der Waals surface area contributed by atoms with E-state index in [-0.39, 0.29) is 22.9 Å². The first kappa shape index (κ1) is 20.7. The molecule has 0 aliphatic heterocycles. The number of H-pyrrole nitrogens is 1. The number of aromatic amines is 1. The number of hydrogen-bond acceptors (Lipinski definition) is 6. The Morgan fingerprint density at radius 3 is 2.45 bits per heavy atom. The molecule has 0 radical (unpaired) electrons. The first-order valence-electron chi connectivity index (χ1n) is 10.1. The smallest absolute Gasteiger partial charge is 0.152 e. The van der Waals surface area contributed by atoms with Gasteiger partial charge in [-0.1, -0.05) is 48.2 Å². The number of thioether (sulfide) groups is 1. The van der Waals surface area contributed by atoms with Crippen LogP contribution in [0.5, 0.6) is 0 Å². The number of benzene rings is 3. The molecular formula is C25H16FN5OS. The van der Waals surface area contributed by atoms with Gasteiger partial charge in [-0.3, -0.25) is 0 Å². The summed E-state index contributed by atoms with van der Waals surface area (Å²) in [6, 6.07) is 23.2. The van der Waals surface area contributed by atoms with Crippen molar-refractivity contribution in [2.75, 3.05) is 5.75 Å². The lowest BCUT2D eigenvalue weighted by atomic mass is 10.1. The molecule has 2 heterocycles. The Kier molecular flexibility index (Phi) is 5.47. The Labute approximate surface area is 192 Å². The van der Waals surface area contributed by atoms with Gasteiger partial charge >= 0.3 is 0 Å². The maximum atomic E-state index is 13.3. The maximum absolute atomic E-state index is 13.3. The van der Waals surface area contributed by atoms with Gasteiger partial charge in [-0.25, -0.2) is 9.37 Å². The van der Waals surface area contributed by atoms with Crippen LogP contribution in [0.2, 0.25) is 0 Å². The lowest BCUT2D eigenvalue weighted by Crippen LogP contribution is -1.98. The monoisotopic (exact) mass is 453 g/mol. The number of nitrogens with zero attached hydrogens (tertiary/aromatic N) is 4. The number of fused-ring (bicyclic) bond motifs is 2. The number of halogens is 1. The topological polar surface area (TPSA) is 98.5 Å². The molecule has 0 saturated heterocycles. The zero-order valence-corrected chi connectivity index (χ0v) is 18.0. The van der Waals surface area contributed by atoms with Crippen LogP contribution in [-0.4, -0.2) is 31.0 Å². The van der Waals surface area contributed by atoms with Gasteiger partial charge in [-0.15, -0.1) is 10.2 Å². The van der Waals surface area contributed by atoms with E-state index < -0.39 is 0 Å². The largest absolute Gasteiger partial charge is 0.510 e. The summed E-state index contributed by atoms with van der Waals surface area (Å²) in [5.41, 5.74) is 2.99. The van der Waals surface area contributed by atoms with Crippen LogP contribution in [0.25, 0.3) is 38.6 Å². The van der Waals surface area contributed by atoms with E-state index in [1.165, 1.54) is 23.9 Å². The van der Waals surface area contributed by atoms with Gasteiger partial charge in [0.05, 0.1) is 16.8 Å². The lowest BCUT2D eigenvalue weighted by Gasteiger charge is -2.09. The SMILES string of the molecule is N#CC(=C(O)CSc1nnc(-c2ccc(F)cc2)c2ccccc12)c1nc2ccccc2[nH]1. The number of hydrogen-bond donors (Lipinski definition) is 2. The lowest BCUT2D eigenvalue weighted by molar-refractivity contribution is 0.420. The van der Waals surface area contributed by atoms with Gasteiger partial charge in [0, 0.05) is 16.3 Å². The number of rotatable bonds is 5. The van der Waals surface area contributed by atoms with Gasteiger partial charge in [-0.05, 0) is 36.4 Å². The zero-order chi connectivity index (χ0) is 22.8. The van der Waals surface area contributed by atoms with Crippen molar-refractivity contribution >= 4 is 39.1 Å². The van der Waals surface area contributed by atoms with E-state index in [2.05, 4.69) is 20.2 Å². The fraction of sp³-hybridized carbons (Fsp3) is 0.0400. The average molecular weight is 454 g/mol. The second kappa shape index (κ2) is 8.73. The van der Waals surface area contributed by atoms with Gasteiger partial charge in [-0.2, -0.15) is 5.26 Å². The molecule has 0 aliphatic carbocycles. The van der Waals surface area contributed by atoms with Crippen LogP contribution in [0.3, 0.4) is 0 Å². The average Bonchev–Trinajstić information content (AvgIpc) is 3.27. The number of nitriles is 1. The quantitative estimate of drug-likeness (QED) is 0.195. The standard InChI is InChI=1S/C25H16FN5OS/c26-16-11-9-15(10-12-16)23-17-5-1-2-6-18(17)25(31-30-23)33-14-22(32)19(13-27)24-28-20-7-3-4-8-21(20)29-24/h1-12,32H,14H2,(H,28,29). The van der Waals surface area contributed by atoms with Crippen molar-refractivity contribution in [3.05, 3.63) is 90.2 Å². The highest BCUT2D eigenvalue weighted by atomic mass is 32.2. The van der Waals surface area contributed by atoms with E-state index in [1.54, 1.807) is 12.1 Å². The number of imidazole rings is 1. The summed E-state index contributed by atoms with van der Waals surface area (Å²) in [7, 11) is 0. The molecule has 0 unspecified atom stereocenters. The van der Waals surface area contributed by atoms with Crippen molar-refractivity contribution in [1.82, 2.24) is 20.2 Å². The van der Waals surface area contributed by atoms with Crippen LogP contribution in [-0.2, 0) is 0 Å². The molecule has 0 bridgehead atoms. The number of aliphatic hydroxyl groups excluding tert-OH is 1. The molecule has 2 N–H and O–H groups in total. The Bertz CT molecular complexity index is 1520. The van der Waals surface area contributed by atoms with Gasteiger partial charge in [0.25, 0.3) is 0 Å². The van der Waals surface area contributed by atoms with Gasteiger partial charge in [0.2, 0.25) is 0 Å². The zero-order valence-electron chi connectivity index (χ0n) is 17.2. The second-order valence-corrected chi connectivity index (χ2v) is 8.20. The highest BCUT2D eigenvalue weighted by molar-refractivity contribution is 7.99. The summed E-state index contributed by atoms with van der Waals surface area (Å²) in [4.78, 5) is 7.47. The number of aromatic nitrogens is 4. The Balaban J connectivity index is 1.47. The summed E-state index contributed by atoms with van der Waals surface area (Å²) < 4.78 is 13.3. The highest BCUT2D eigenvalue weighted by Crippen LogP contribution is 2.33. The highest BCUT2D eigenvalue weighted by Gasteiger charge is 2.16. The predicted molar refractivity (Wildman–Crippen MR) is 127 cm³/mol. The van der Waals surface area contributed by atoms with Crippen molar-refractivity contribution in [2.45, 2.75) is 5.03 Å². The number of allylic oxidation sites excluding steroid dienone is 1. The Morgan fingerprint density at radius 1 is 0.970 bits per heavy atom. The van der Waals surface area contributed by atoms with Crippen LogP contribution >= 0.6 is 11.8 Å². The van der Waals surface area contributed by atoms with Crippen LogP contribution in [0.4, 0.5) is 4.39 Å². The molecule has 160 valence electrons. The molecule has 6 nitrogen and oxygen atoms in total. The van der Waals surface area contributed by atoms with E-state index in [1.807, 2.05) is 54.6 Å². The van der Waals surface area contributed by atoms with Gasteiger partial charge in [0.1, 0.15) is 33.9 Å². The molecule has 0 saturated carbocycles. The van der Waals surface area contributed by atoms with E-state index in [0.29, 0.717) is 22.1 Å². The third-order valence-electron chi connectivity index (χ3n) is 5.14. The molecule has 0 spiro atoms. The van der Waals surface area contributed by atoms with E-state index in [0.717, 1.165) is 21.9 Å². The van der Waals surface area contributed by atoms with E-state index in [4.69, 9.17) is 0 Å². The first-order valence-corrected chi connectivity index (χ1v) is 11.0. The summed E-state index contributed by atoms with van der Waals surface area (Å²) in [6.07, 6.45) is 0. The number of para-hydroxylation sites is 2. The molecule has 33 heavy (non-hydrogen) atoms. The van der Waals surface area contributed by atoms with Crippen molar-refractivity contribution in [1.29, 1.82) is 5.26 Å².